The van der Waals surface area contributed by atoms with Crippen LogP contribution in [0.4, 0.5) is 17.1 Å². The van der Waals surface area contributed by atoms with Crippen LogP contribution in [0.15, 0.2) is 237 Å². The number of nitrogens with zero attached hydrogens (tertiary/aromatic N) is 1. The predicted octanol–water partition coefficient (Wildman–Crippen LogP) is 15.8. The maximum Gasteiger partial charge on any atom is 0.0540 e. The first kappa shape index (κ1) is 34.0. The summed E-state index contributed by atoms with van der Waals surface area (Å²) in [5, 5.41) is 4.93. The molecule has 0 unspecified atom stereocenters. The molecule has 0 aliphatic carbocycles. The van der Waals surface area contributed by atoms with Crippen LogP contribution in [0.1, 0.15) is 0 Å². The number of benzene rings is 10. The Labute approximate surface area is 334 Å². The van der Waals surface area contributed by atoms with Crippen LogP contribution in [0.25, 0.3) is 77.2 Å². The molecule has 10 rings (SSSR count). The average Bonchev–Trinajstić information content (AvgIpc) is 3.30. The molecule has 0 spiro atoms. The first-order valence-electron chi connectivity index (χ1n) is 19.6. The Morgan fingerprint density at radius 1 is 0.228 bits per heavy atom. The highest BCUT2D eigenvalue weighted by atomic mass is 15.1. The van der Waals surface area contributed by atoms with E-state index in [0.717, 1.165) is 33.8 Å². The van der Waals surface area contributed by atoms with Crippen LogP contribution in [0, 0.1) is 0 Å². The van der Waals surface area contributed by atoms with E-state index < -0.39 is 0 Å². The molecule has 0 amide bonds. The van der Waals surface area contributed by atoms with Crippen molar-refractivity contribution in [3.63, 3.8) is 0 Å². The third-order valence-electron chi connectivity index (χ3n) is 11.1. The molecule has 0 N–H and O–H groups in total. The summed E-state index contributed by atoms with van der Waals surface area (Å²) in [6, 6.07) is 85.7. The van der Waals surface area contributed by atoms with Crippen molar-refractivity contribution in [3.8, 4) is 55.6 Å². The second-order valence-corrected chi connectivity index (χ2v) is 14.4. The zero-order valence-corrected chi connectivity index (χ0v) is 31.5. The Morgan fingerprint density at radius 3 is 1.28 bits per heavy atom. The molecular weight excluding hydrogens is 687 g/mol. The second-order valence-electron chi connectivity index (χ2n) is 14.4. The van der Waals surface area contributed by atoms with Gasteiger partial charge in [-0.3, -0.25) is 0 Å². The number of para-hydroxylation sites is 1. The van der Waals surface area contributed by atoms with Crippen molar-refractivity contribution in [3.05, 3.63) is 237 Å². The van der Waals surface area contributed by atoms with Crippen molar-refractivity contribution >= 4 is 38.6 Å². The Hall–Kier alpha value is -7.48. The largest absolute Gasteiger partial charge is 0.309 e. The van der Waals surface area contributed by atoms with Gasteiger partial charge in [0.25, 0.3) is 0 Å². The summed E-state index contributed by atoms with van der Waals surface area (Å²) < 4.78 is 0. The fourth-order valence-corrected chi connectivity index (χ4v) is 8.46. The predicted molar refractivity (Wildman–Crippen MR) is 243 cm³/mol. The van der Waals surface area contributed by atoms with Crippen LogP contribution >= 0.6 is 0 Å². The van der Waals surface area contributed by atoms with Crippen molar-refractivity contribution in [2.75, 3.05) is 4.90 Å². The smallest absolute Gasteiger partial charge is 0.0540 e. The summed E-state index contributed by atoms with van der Waals surface area (Å²) in [6.07, 6.45) is 0. The van der Waals surface area contributed by atoms with Gasteiger partial charge in [0.15, 0.2) is 0 Å². The van der Waals surface area contributed by atoms with E-state index >= 15 is 0 Å². The van der Waals surface area contributed by atoms with Gasteiger partial charge in [0, 0.05) is 16.8 Å². The molecule has 0 saturated carbocycles. The summed E-state index contributed by atoms with van der Waals surface area (Å²) in [4.78, 5) is 2.48. The van der Waals surface area contributed by atoms with Crippen LogP contribution in [0.3, 0.4) is 0 Å². The molecule has 0 bridgehead atoms. The van der Waals surface area contributed by atoms with Gasteiger partial charge in [-0.05, 0) is 96.4 Å². The molecule has 0 atom stereocenters. The quantitative estimate of drug-likeness (QED) is 0.141. The SMILES string of the molecule is c1ccc(-c2ccc(N(c3ccc4c(c3)c(-c3ccccc3)c(-c3ccccc3)c3ccccc34)c3ccccc3-c3ccccc3)c(-c3ccccc3)c2)cc1. The van der Waals surface area contributed by atoms with Gasteiger partial charge in [-0.2, -0.15) is 0 Å². The highest BCUT2D eigenvalue weighted by molar-refractivity contribution is 6.22. The minimum Gasteiger partial charge on any atom is -0.309 e. The lowest BCUT2D eigenvalue weighted by Gasteiger charge is -2.31. The molecule has 268 valence electrons. The standard InChI is InChI=1S/C56H39N/c1-6-20-40(21-7-1)45-34-37-54(51(38-45)42-24-10-3-11-25-42)57(53-33-19-18-30-47(53)41-22-8-2-9-23-41)46-35-36-49-48-31-16-17-32-50(48)55(43-26-12-4-13-27-43)56(52(49)39-46)44-28-14-5-15-29-44/h1-39H. The van der Waals surface area contributed by atoms with Crippen molar-refractivity contribution in [2.45, 2.75) is 0 Å². The second kappa shape index (κ2) is 15.0. The summed E-state index contributed by atoms with van der Waals surface area (Å²) in [7, 11) is 0. The van der Waals surface area contributed by atoms with Gasteiger partial charge in [0.2, 0.25) is 0 Å². The number of anilines is 3. The van der Waals surface area contributed by atoms with Gasteiger partial charge in [-0.15, -0.1) is 0 Å². The van der Waals surface area contributed by atoms with Crippen LogP contribution < -0.4 is 4.90 Å². The fraction of sp³-hybridized carbons (Fsp3) is 0. The third kappa shape index (κ3) is 6.36. The Morgan fingerprint density at radius 2 is 0.667 bits per heavy atom. The molecule has 0 heterocycles. The minimum atomic E-state index is 1.09. The van der Waals surface area contributed by atoms with E-state index in [0.29, 0.717) is 0 Å². The Balaban J connectivity index is 1.32. The normalized spacial score (nSPS) is 11.2. The van der Waals surface area contributed by atoms with Crippen molar-refractivity contribution < 1.29 is 0 Å². The minimum absolute atomic E-state index is 1.09. The van der Waals surface area contributed by atoms with Gasteiger partial charge < -0.3 is 4.90 Å². The van der Waals surface area contributed by atoms with Crippen LogP contribution in [0.2, 0.25) is 0 Å². The van der Waals surface area contributed by atoms with Crippen molar-refractivity contribution in [1.82, 2.24) is 0 Å². The number of fused-ring (bicyclic) bond motifs is 3. The zero-order chi connectivity index (χ0) is 38.0. The molecular formula is C56H39N. The van der Waals surface area contributed by atoms with Crippen LogP contribution in [-0.2, 0) is 0 Å². The lowest BCUT2D eigenvalue weighted by Crippen LogP contribution is -2.12. The number of hydrogen-bond donors (Lipinski definition) is 0. The van der Waals surface area contributed by atoms with Crippen molar-refractivity contribution in [2.24, 2.45) is 0 Å². The monoisotopic (exact) mass is 725 g/mol. The maximum atomic E-state index is 2.48. The summed E-state index contributed by atoms with van der Waals surface area (Å²) in [6.45, 7) is 0. The van der Waals surface area contributed by atoms with E-state index in [1.54, 1.807) is 0 Å². The third-order valence-corrected chi connectivity index (χ3v) is 11.1. The van der Waals surface area contributed by atoms with E-state index in [2.05, 4.69) is 241 Å². The highest BCUT2D eigenvalue weighted by Crippen LogP contribution is 2.49. The van der Waals surface area contributed by atoms with E-state index in [9.17, 15) is 0 Å². The molecule has 0 aliphatic rings. The van der Waals surface area contributed by atoms with E-state index in [-0.39, 0.29) is 0 Å². The molecule has 0 radical (unpaired) electrons. The fourth-order valence-electron chi connectivity index (χ4n) is 8.46. The van der Waals surface area contributed by atoms with E-state index in [4.69, 9.17) is 0 Å². The summed E-state index contributed by atoms with van der Waals surface area (Å²) in [5.41, 5.74) is 15.2. The molecule has 1 heteroatoms. The first-order chi connectivity index (χ1) is 28.3. The zero-order valence-electron chi connectivity index (χ0n) is 31.5. The highest BCUT2D eigenvalue weighted by Gasteiger charge is 2.24. The molecule has 0 fully saturated rings. The lowest BCUT2D eigenvalue weighted by atomic mass is 9.84. The first-order valence-corrected chi connectivity index (χ1v) is 19.6. The summed E-state index contributed by atoms with van der Waals surface area (Å²) >= 11 is 0. The molecule has 0 aromatic heterocycles. The Bertz CT molecular complexity index is 2970. The Kier molecular flexibility index (Phi) is 8.95. The van der Waals surface area contributed by atoms with Crippen LogP contribution in [-0.4, -0.2) is 0 Å². The molecule has 0 saturated heterocycles. The molecule has 1 nitrogen and oxygen atoms in total. The van der Waals surface area contributed by atoms with E-state index in [1.165, 1.54) is 60.5 Å². The van der Waals surface area contributed by atoms with Gasteiger partial charge in [0.05, 0.1) is 11.4 Å². The molecule has 10 aromatic rings. The van der Waals surface area contributed by atoms with Gasteiger partial charge in [-0.25, -0.2) is 0 Å². The van der Waals surface area contributed by atoms with E-state index in [1.807, 2.05) is 0 Å². The van der Waals surface area contributed by atoms with Crippen LogP contribution in [0.5, 0.6) is 0 Å². The van der Waals surface area contributed by atoms with Gasteiger partial charge in [0.1, 0.15) is 0 Å². The summed E-state index contributed by atoms with van der Waals surface area (Å²) in [5.74, 6) is 0. The molecule has 10 aromatic carbocycles. The van der Waals surface area contributed by atoms with Gasteiger partial charge in [-0.1, -0.05) is 206 Å². The maximum absolute atomic E-state index is 2.48. The molecule has 57 heavy (non-hydrogen) atoms. The number of hydrogen-bond acceptors (Lipinski definition) is 1. The van der Waals surface area contributed by atoms with Crippen molar-refractivity contribution in [1.29, 1.82) is 0 Å². The van der Waals surface area contributed by atoms with Gasteiger partial charge >= 0.3 is 0 Å². The molecule has 0 aliphatic heterocycles. The number of rotatable bonds is 8. The lowest BCUT2D eigenvalue weighted by molar-refractivity contribution is 1.29. The topological polar surface area (TPSA) is 3.24 Å². The average molecular weight is 726 g/mol.